The standard InChI is InChI=1S/C30H31NO7/c1-6-16-38-23-9-7-8-20(17-23)11-15-27(33)31-28-22(13-14-24(32)29(28)36-4)12-10-21-18-25(34-2)30(37-5)26(19-21)35-3/h6-15,17-19,32H,1,16H2,2-5H3,(H,31,33)/b12-10?,15-11+. The molecule has 0 unspecified atom stereocenters. The van der Waals surface area contributed by atoms with Crippen LogP contribution in [0.1, 0.15) is 16.7 Å². The van der Waals surface area contributed by atoms with Crippen LogP contribution in [0.2, 0.25) is 0 Å². The number of amides is 1. The minimum atomic E-state index is -0.409. The molecule has 0 bridgehead atoms. The van der Waals surface area contributed by atoms with Gasteiger partial charge in [-0.05, 0) is 53.6 Å². The van der Waals surface area contributed by atoms with Crippen molar-refractivity contribution in [2.45, 2.75) is 0 Å². The molecule has 3 aromatic carbocycles. The molecule has 3 aromatic rings. The number of rotatable bonds is 12. The van der Waals surface area contributed by atoms with Crippen molar-refractivity contribution < 1.29 is 33.6 Å². The number of anilines is 1. The summed E-state index contributed by atoms with van der Waals surface area (Å²) < 4.78 is 27.1. The van der Waals surface area contributed by atoms with Gasteiger partial charge in [-0.15, -0.1) is 0 Å². The van der Waals surface area contributed by atoms with Crippen molar-refractivity contribution >= 4 is 29.8 Å². The first-order valence-electron chi connectivity index (χ1n) is 11.6. The average Bonchev–Trinajstić information content (AvgIpc) is 2.94. The number of aromatic hydroxyl groups is 1. The fourth-order valence-electron chi connectivity index (χ4n) is 3.64. The van der Waals surface area contributed by atoms with Crippen LogP contribution in [0.5, 0.6) is 34.5 Å². The van der Waals surface area contributed by atoms with Crippen molar-refractivity contribution in [3.8, 4) is 34.5 Å². The molecule has 0 saturated carbocycles. The van der Waals surface area contributed by atoms with Crippen LogP contribution in [0.4, 0.5) is 5.69 Å². The molecule has 8 nitrogen and oxygen atoms in total. The molecule has 0 fully saturated rings. The van der Waals surface area contributed by atoms with Crippen LogP contribution in [-0.4, -0.2) is 46.1 Å². The lowest BCUT2D eigenvalue weighted by molar-refractivity contribution is -0.111. The molecule has 0 heterocycles. The molecule has 3 rings (SSSR count). The lowest BCUT2D eigenvalue weighted by Gasteiger charge is -2.14. The predicted octanol–water partition coefficient (Wildman–Crippen LogP) is 5.81. The van der Waals surface area contributed by atoms with Gasteiger partial charge in [-0.25, -0.2) is 0 Å². The maximum atomic E-state index is 12.8. The van der Waals surface area contributed by atoms with Crippen LogP contribution >= 0.6 is 0 Å². The molecule has 0 aliphatic rings. The number of phenols is 1. The second kappa shape index (κ2) is 13.5. The van der Waals surface area contributed by atoms with Crippen molar-refractivity contribution in [3.63, 3.8) is 0 Å². The maximum Gasteiger partial charge on any atom is 0.248 e. The Hall–Kier alpha value is -4.85. The third kappa shape index (κ3) is 6.88. The molecule has 0 aliphatic heterocycles. The Kier molecular flexibility index (Phi) is 9.82. The number of hydrogen-bond donors (Lipinski definition) is 2. The fourth-order valence-corrected chi connectivity index (χ4v) is 3.64. The van der Waals surface area contributed by atoms with E-state index in [1.54, 1.807) is 50.6 Å². The number of hydrogen-bond acceptors (Lipinski definition) is 7. The smallest absolute Gasteiger partial charge is 0.248 e. The molecule has 8 heteroatoms. The minimum Gasteiger partial charge on any atom is -0.504 e. The summed E-state index contributed by atoms with van der Waals surface area (Å²) in [6.07, 6.45) is 8.31. The van der Waals surface area contributed by atoms with Crippen LogP contribution in [0, 0.1) is 0 Å². The molecule has 2 N–H and O–H groups in total. The van der Waals surface area contributed by atoms with E-state index in [-0.39, 0.29) is 11.5 Å². The van der Waals surface area contributed by atoms with Gasteiger partial charge < -0.3 is 34.1 Å². The summed E-state index contributed by atoms with van der Waals surface area (Å²) in [5.41, 5.74) is 2.47. The molecular weight excluding hydrogens is 486 g/mol. The van der Waals surface area contributed by atoms with E-state index < -0.39 is 5.91 Å². The van der Waals surface area contributed by atoms with Gasteiger partial charge in [0, 0.05) is 11.6 Å². The first-order valence-corrected chi connectivity index (χ1v) is 11.6. The van der Waals surface area contributed by atoms with Crippen molar-refractivity contribution in [3.05, 3.63) is 84.0 Å². The van der Waals surface area contributed by atoms with Gasteiger partial charge in [0.15, 0.2) is 23.0 Å². The summed E-state index contributed by atoms with van der Waals surface area (Å²) in [5, 5.41) is 13.1. The molecule has 0 aromatic heterocycles. The number of carbonyl (C=O) groups excluding carboxylic acids is 1. The molecule has 198 valence electrons. The second-order valence-electron chi connectivity index (χ2n) is 7.87. The summed E-state index contributed by atoms with van der Waals surface area (Å²) in [6, 6.07) is 14.1. The van der Waals surface area contributed by atoms with Crippen molar-refractivity contribution in [2.75, 3.05) is 40.4 Å². The van der Waals surface area contributed by atoms with E-state index in [2.05, 4.69) is 11.9 Å². The monoisotopic (exact) mass is 517 g/mol. The number of carbonyl (C=O) groups is 1. The van der Waals surface area contributed by atoms with Crippen LogP contribution in [0.3, 0.4) is 0 Å². The lowest BCUT2D eigenvalue weighted by Crippen LogP contribution is -2.10. The zero-order valence-corrected chi connectivity index (χ0v) is 21.8. The summed E-state index contributed by atoms with van der Waals surface area (Å²) in [5.74, 6) is 1.79. The van der Waals surface area contributed by atoms with E-state index in [0.29, 0.717) is 40.9 Å². The third-order valence-electron chi connectivity index (χ3n) is 5.42. The summed E-state index contributed by atoms with van der Waals surface area (Å²) in [6.45, 7) is 4.02. The number of ether oxygens (including phenoxy) is 5. The Morgan fingerprint density at radius 2 is 1.58 bits per heavy atom. The Balaban J connectivity index is 1.89. The maximum absolute atomic E-state index is 12.8. The number of benzene rings is 3. The Morgan fingerprint density at radius 3 is 2.21 bits per heavy atom. The fraction of sp³-hybridized carbons (Fsp3) is 0.167. The van der Waals surface area contributed by atoms with E-state index in [1.807, 2.05) is 30.3 Å². The summed E-state index contributed by atoms with van der Waals surface area (Å²) in [7, 11) is 6.04. The van der Waals surface area contributed by atoms with E-state index in [4.69, 9.17) is 23.7 Å². The lowest BCUT2D eigenvalue weighted by atomic mass is 10.1. The van der Waals surface area contributed by atoms with E-state index >= 15 is 0 Å². The van der Waals surface area contributed by atoms with Gasteiger partial charge in [0.25, 0.3) is 0 Å². The molecular formula is C30H31NO7. The summed E-state index contributed by atoms with van der Waals surface area (Å²) >= 11 is 0. The highest BCUT2D eigenvalue weighted by molar-refractivity contribution is 6.04. The predicted molar refractivity (Wildman–Crippen MR) is 149 cm³/mol. The Labute approximate surface area is 222 Å². The van der Waals surface area contributed by atoms with Gasteiger partial charge in [0.2, 0.25) is 11.7 Å². The van der Waals surface area contributed by atoms with E-state index in [9.17, 15) is 9.90 Å². The first kappa shape index (κ1) is 27.7. The van der Waals surface area contributed by atoms with Crippen LogP contribution in [0.25, 0.3) is 18.2 Å². The molecule has 38 heavy (non-hydrogen) atoms. The largest absolute Gasteiger partial charge is 0.504 e. The van der Waals surface area contributed by atoms with Gasteiger partial charge in [-0.2, -0.15) is 0 Å². The van der Waals surface area contributed by atoms with E-state index in [0.717, 1.165) is 11.1 Å². The minimum absolute atomic E-state index is 0.108. The quantitative estimate of drug-likeness (QED) is 0.178. The highest BCUT2D eigenvalue weighted by atomic mass is 16.5. The van der Waals surface area contributed by atoms with Crippen LogP contribution in [0.15, 0.2) is 67.3 Å². The summed E-state index contributed by atoms with van der Waals surface area (Å²) in [4.78, 5) is 12.8. The van der Waals surface area contributed by atoms with Gasteiger partial charge in [0.1, 0.15) is 12.4 Å². The third-order valence-corrected chi connectivity index (χ3v) is 5.42. The highest BCUT2D eigenvalue weighted by Crippen LogP contribution is 2.40. The highest BCUT2D eigenvalue weighted by Gasteiger charge is 2.15. The molecule has 0 saturated heterocycles. The van der Waals surface area contributed by atoms with Crippen molar-refractivity contribution in [2.24, 2.45) is 0 Å². The Bertz CT molecular complexity index is 1320. The average molecular weight is 518 g/mol. The Morgan fingerprint density at radius 1 is 0.868 bits per heavy atom. The second-order valence-corrected chi connectivity index (χ2v) is 7.87. The van der Waals surface area contributed by atoms with Crippen LogP contribution < -0.4 is 29.0 Å². The normalized spacial score (nSPS) is 10.8. The zero-order valence-electron chi connectivity index (χ0n) is 21.8. The number of phenolic OH excluding ortho intramolecular Hbond substituents is 1. The van der Waals surface area contributed by atoms with Crippen LogP contribution in [-0.2, 0) is 4.79 Å². The molecule has 0 spiro atoms. The van der Waals surface area contributed by atoms with E-state index in [1.165, 1.54) is 26.4 Å². The topological polar surface area (TPSA) is 95.5 Å². The number of methoxy groups -OCH3 is 4. The molecule has 0 aliphatic carbocycles. The first-order chi connectivity index (χ1) is 18.4. The van der Waals surface area contributed by atoms with Gasteiger partial charge in [0.05, 0.1) is 34.1 Å². The van der Waals surface area contributed by atoms with Crippen molar-refractivity contribution in [1.82, 2.24) is 0 Å². The van der Waals surface area contributed by atoms with Gasteiger partial charge in [-0.1, -0.05) is 36.9 Å². The molecule has 0 radical (unpaired) electrons. The van der Waals surface area contributed by atoms with Gasteiger partial charge in [-0.3, -0.25) is 4.79 Å². The van der Waals surface area contributed by atoms with Gasteiger partial charge >= 0.3 is 0 Å². The SMILES string of the molecule is C=CCOc1cccc(/C=C/C(=O)Nc2c(C=Cc3cc(OC)c(OC)c(OC)c3)ccc(O)c2OC)c1. The zero-order chi connectivity index (χ0) is 27.5. The molecule has 1 amide bonds. The molecule has 0 atom stereocenters. The van der Waals surface area contributed by atoms with Crippen molar-refractivity contribution in [1.29, 1.82) is 0 Å². The number of nitrogens with one attached hydrogen (secondary N) is 1.